The molecule has 7 heteroatoms. The molecule has 0 spiro atoms. The summed E-state index contributed by atoms with van der Waals surface area (Å²) < 4.78 is 0. The zero-order valence-electron chi connectivity index (χ0n) is 10.5. The number of hydrogen-bond donors (Lipinski definition) is 3. The minimum atomic E-state index is -1.01. The van der Waals surface area contributed by atoms with E-state index in [0.29, 0.717) is 18.5 Å². The van der Waals surface area contributed by atoms with Gasteiger partial charge in [0.05, 0.1) is 5.01 Å². The van der Waals surface area contributed by atoms with Crippen molar-refractivity contribution in [2.24, 2.45) is 5.73 Å². The maximum absolute atomic E-state index is 10.9. The summed E-state index contributed by atoms with van der Waals surface area (Å²) >= 11 is 1.33. The number of carbonyl (C=O) groups excluding carboxylic acids is 1. The van der Waals surface area contributed by atoms with Crippen LogP contribution in [0.5, 0.6) is 0 Å². The van der Waals surface area contributed by atoms with Crippen LogP contribution in [0.1, 0.15) is 25.9 Å². The van der Waals surface area contributed by atoms with E-state index < -0.39 is 11.9 Å². The van der Waals surface area contributed by atoms with Gasteiger partial charge in [-0.05, 0) is 24.3 Å². The Bertz CT molecular complexity index is 622. The molecule has 4 N–H and O–H groups in total. The lowest BCUT2D eigenvalue weighted by molar-refractivity contribution is 0.0691. The second kappa shape index (κ2) is 6.16. The van der Waals surface area contributed by atoms with Crippen molar-refractivity contribution in [2.75, 3.05) is 11.9 Å². The molecule has 1 aromatic heterocycles. The van der Waals surface area contributed by atoms with E-state index in [9.17, 15) is 9.59 Å². The number of nitrogens with one attached hydrogen (secondary N) is 1. The lowest BCUT2D eigenvalue weighted by Gasteiger charge is -2.05. The Morgan fingerprint density at radius 1 is 1.30 bits per heavy atom. The van der Waals surface area contributed by atoms with Crippen LogP contribution in [0.4, 0.5) is 5.69 Å². The van der Waals surface area contributed by atoms with Gasteiger partial charge in [0.25, 0.3) is 0 Å². The summed E-state index contributed by atoms with van der Waals surface area (Å²) in [6, 6.07) is 6.84. The number of hydrogen-bond acceptors (Lipinski definition) is 5. The number of carboxylic acids is 1. The highest BCUT2D eigenvalue weighted by atomic mass is 32.1. The highest BCUT2D eigenvalue weighted by Gasteiger charge is 2.08. The topological polar surface area (TPSA) is 105 Å². The van der Waals surface area contributed by atoms with Crippen LogP contribution in [0.15, 0.2) is 29.6 Å². The van der Waals surface area contributed by atoms with E-state index >= 15 is 0 Å². The summed E-state index contributed by atoms with van der Waals surface area (Å²) in [5.41, 5.74) is 6.56. The fourth-order valence-electron chi connectivity index (χ4n) is 1.59. The van der Waals surface area contributed by atoms with Crippen LogP contribution in [0, 0.1) is 0 Å². The first-order valence-corrected chi connectivity index (χ1v) is 6.75. The molecule has 0 aliphatic heterocycles. The molecule has 0 aliphatic rings. The lowest BCUT2D eigenvalue weighted by Crippen LogP contribution is -2.11. The van der Waals surface area contributed by atoms with E-state index in [4.69, 9.17) is 10.8 Å². The van der Waals surface area contributed by atoms with E-state index in [1.807, 2.05) is 0 Å². The fourth-order valence-corrected chi connectivity index (χ4v) is 2.36. The number of anilines is 1. The molecule has 0 fully saturated rings. The SMILES string of the molecule is NC(=O)c1ccc(NCCc2nc(C(=O)O)cs2)cc1. The van der Waals surface area contributed by atoms with Gasteiger partial charge >= 0.3 is 5.97 Å². The molecule has 0 saturated carbocycles. The molecule has 20 heavy (non-hydrogen) atoms. The number of nitrogens with zero attached hydrogens (tertiary/aromatic N) is 1. The molecule has 0 radical (unpaired) electrons. The Balaban J connectivity index is 1.85. The van der Waals surface area contributed by atoms with Crippen molar-refractivity contribution in [1.29, 1.82) is 0 Å². The van der Waals surface area contributed by atoms with Crippen LogP contribution in [0.25, 0.3) is 0 Å². The molecule has 0 bridgehead atoms. The Morgan fingerprint density at radius 2 is 2.00 bits per heavy atom. The van der Waals surface area contributed by atoms with Crippen molar-refractivity contribution in [2.45, 2.75) is 6.42 Å². The minimum Gasteiger partial charge on any atom is -0.476 e. The molecule has 0 saturated heterocycles. The fraction of sp³-hybridized carbons (Fsp3) is 0.154. The number of aromatic nitrogens is 1. The molecule has 2 rings (SSSR count). The molecule has 1 heterocycles. The van der Waals surface area contributed by atoms with Crippen LogP contribution in [0.3, 0.4) is 0 Å². The molecule has 1 amide bonds. The summed E-state index contributed by atoms with van der Waals surface area (Å²) in [4.78, 5) is 25.6. The van der Waals surface area contributed by atoms with Gasteiger partial charge in [-0.25, -0.2) is 9.78 Å². The predicted octanol–water partition coefficient (Wildman–Crippen LogP) is 1.59. The first kappa shape index (κ1) is 14.0. The smallest absolute Gasteiger partial charge is 0.355 e. The van der Waals surface area contributed by atoms with Crippen molar-refractivity contribution in [1.82, 2.24) is 4.98 Å². The van der Waals surface area contributed by atoms with Crippen LogP contribution in [0.2, 0.25) is 0 Å². The third-order valence-corrected chi connectivity index (χ3v) is 3.52. The number of carboxylic acid groups (broad SMARTS) is 1. The van der Waals surface area contributed by atoms with Gasteiger partial charge in [-0.1, -0.05) is 0 Å². The Labute approximate surface area is 119 Å². The quantitative estimate of drug-likeness (QED) is 0.749. The van der Waals surface area contributed by atoms with Crippen molar-refractivity contribution in [3.8, 4) is 0 Å². The standard InChI is InChI=1S/C13H13N3O3S/c14-12(17)8-1-3-9(4-2-8)15-6-5-11-16-10(7-20-11)13(18)19/h1-4,7,15H,5-6H2,(H2,14,17)(H,18,19). The van der Waals surface area contributed by atoms with Crippen LogP contribution in [-0.4, -0.2) is 28.5 Å². The Hall–Kier alpha value is -2.41. The van der Waals surface area contributed by atoms with Crippen LogP contribution in [-0.2, 0) is 6.42 Å². The van der Waals surface area contributed by atoms with Gasteiger partial charge in [-0.3, -0.25) is 4.79 Å². The molecule has 0 atom stereocenters. The van der Waals surface area contributed by atoms with Crippen molar-refractivity contribution >= 4 is 28.9 Å². The van der Waals surface area contributed by atoms with Gasteiger partial charge in [-0.15, -0.1) is 11.3 Å². The number of nitrogens with two attached hydrogens (primary N) is 1. The summed E-state index contributed by atoms with van der Waals surface area (Å²) in [5.74, 6) is -1.47. The molecule has 104 valence electrons. The monoisotopic (exact) mass is 291 g/mol. The van der Waals surface area contributed by atoms with E-state index in [0.717, 1.165) is 10.7 Å². The third-order valence-electron chi connectivity index (χ3n) is 2.61. The highest BCUT2D eigenvalue weighted by Crippen LogP contribution is 2.12. The molecule has 2 aromatic rings. The summed E-state index contributed by atoms with van der Waals surface area (Å²) in [7, 11) is 0. The number of primary amides is 1. The van der Waals surface area contributed by atoms with E-state index in [-0.39, 0.29) is 5.69 Å². The van der Waals surface area contributed by atoms with Gasteiger partial charge in [0.2, 0.25) is 5.91 Å². The molecule has 1 aromatic carbocycles. The van der Waals surface area contributed by atoms with Gasteiger partial charge < -0.3 is 16.2 Å². The molecular weight excluding hydrogens is 278 g/mol. The lowest BCUT2D eigenvalue weighted by atomic mass is 10.2. The van der Waals surface area contributed by atoms with E-state index in [2.05, 4.69) is 10.3 Å². The number of amides is 1. The number of rotatable bonds is 6. The number of carbonyl (C=O) groups is 2. The predicted molar refractivity (Wildman–Crippen MR) is 76.2 cm³/mol. The number of benzene rings is 1. The van der Waals surface area contributed by atoms with Gasteiger partial charge in [0, 0.05) is 29.6 Å². The second-order valence-electron chi connectivity index (χ2n) is 4.05. The van der Waals surface area contributed by atoms with Crippen molar-refractivity contribution in [3.05, 3.63) is 45.9 Å². The van der Waals surface area contributed by atoms with Gasteiger partial charge in [0.1, 0.15) is 0 Å². The van der Waals surface area contributed by atoms with Crippen molar-refractivity contribution < 1.29 is 14.7 Å². The zero-order chi connectivity index (χ0) is 14.5. The molecular formula is C13H13N3O3S. The maximum Gasteiger partial charge on any atom is 0.355 e. The Kier molecular flexibility index (Phi) is 4.31. The molecule has 0 unspecified atom stereocenters. The first-order valence-electron chi connectivity index (χ1n) is 5.87. The van der Waals surface area contributed by atoms with Crippen molar-refractivity contribution in [3.63, 3.8) is 0 Å². The normalized spacial score (nSPS) is 10.2. The van der Waals surface area contributed by atoms with Gasteiger partial charge in [-0.2, -0.15) is 0 Å². The first-order chi connectivity index (χ1) is 9.56. The number of thiazole rings is 1. The van der Waals surface area contributed by atoms with Crippen LogP contribution < -0.4 is 11.1 Å². The van der Waals surface area contributed by atoms with Gasteiger partial charge in [0.15, 0.2) is 5.69 Å². The van der Waals surface area contributed by atoms with Crippen LogP contribution >= 0.6 is 11.3 Å². The summed E-state index contributed by atoms with van der Waals surface area (Å²) in [6.07, 6.45) is 0.634. The third kappa shape index (κ3) is 3.55. The molecule has 6 nitrogen and oxygen atoms in total. The number of aromatic carboxylic acids is 1. The largest absolute Gasteiger partial charge is 0.476 e. The van der Waals surface area contributed by atoms with E-state index in [1.165, 1.54) is 16.7 Å². The van der Waals surface area contributed by atoms with E-state index in [1.54, 1.807) is 24.3 Å². The minimum absolute atomic E-state index is 0.0795. The Morgan fingerprint density at radius 3 is 2.55 bits per heavy atom. The average Bonchev–Trinajstić information content (AvgIpc) is 2.88. The highest BCUT2D eigenvalue weighted by molar-refractivity contribution is 7.09. The summed E-state index contributed by atoms with van der Waals surface area (Å²) in [6.45, 7) is 0.627. The average molecular weight is 291 g/mol. The molecule has 0 aliphatic carbocycles. The zero-order valence-corrected chi connectivity index (χ0v) is 11.3. The second-order valence-corrected chi connectivity index (χ2v) is 4.99. The summed E-state index contributed by atoms with van der Waals surface area (Å²) in [5, 5.41) is 14.2. The maximum atomic E-state index is 10.9.